The van der Waals surface area contributed by atoms with E-state index in [9.17, 15) is 14.4 Å². The van der Waals surface area contributed by atoms with Crippen molar-refractivity contribution < 1.29 is 23.2 Å². The first-order chi connectivity index (χ1) is 13.5. The summed E-state index contributed by atoms with van der Waals surface area (Å²) in [5.74, 6) is -0.673. The van der Waals surface area contributed by atoms with Crippen molar-refractivity contribution in [1.82, 2.24) is 10.6 Å². The Labute approximate surface area is 160 Å². The van der Waals surface area contributed by atoms with Crippen molar-refractivity contribution in [3.8, 4) is 0 Å². The van der Waals surface area contributed by atoms with Crippen LogP contribution in [-0.4, -0.2) is 30.8 Å². The van der Waals surface area contributed by atoms with Crippen molar-refractivity contribution in [2.75, 3.05) is 18.4 Å². The molecule has 0 atom stereocenters. The molecule has 3 rings (SSSR count). The SMILES string of the molecule is Cc1ccc(C(=O)NCCNC(=O)c2ccco2)cc1NC(=O)c1ccco1. The van der Waals surface area contributed by atoms with E-state index in [4.69, 9.17) is 8.83 Å². The molecule has 3 N–H and O–H groups in total. The Balaban J connectivity index is 1.53. The van der Waals surface area contributed by atoms with Crippen LogP contribution in [0.2, 0.25) is 0 Å². The molecule has 3 amide bonds. The van der Waals surface area contributed by atoms with Crippen molar-refractivity contribution in [2.24, 2.45) is 0 Å². The second-order valence-corrected chi connectivity index (χ2v) is 5.95. The Kier molecular flexibility index (Phi) is 5.91. The summed E-state index contributed by atoms with van der Waals surface area (Å²) in [7, 11) is 0. The summed E-state index contributed by atoms with van der Waals surface area (Å²) in [6.07, 6.45) is 2.83. The maximum atomic E-state index is 12.3. The first-order valence-electron chi connectivity index (χ1n) is 8.60. The molecule has 0 unspecified atom stereocenters. The lowest BCUT2D eigenvalue weighted by Crippen LogP contribution is -2.34. The average Bonchev–Trinajstić information content (AvgIpc) is 3.40. The molecular formula is C20H19N3O5. The molecule has 0 spiro atoms. The van der Waals surface area contributed by atoms with E-state index in [1.54, 1.807) is 42.5 Å². The molecular weight excluding hydrogens is 362 g/mol. The lowest BCUT2D eigenvalue weighted by Gasteiger charge is -2.10. The largest absolute Gasteiger partial charge is 0.459 e. The minimum absolute atomic E-state index is 0.182. The Morgan fingerprint density at radius 2 is 1.43 bits per heavy atom. The van der Waals surface area contributed by atoms with E-state index in [0.717, 1.165) is 5.56 Å². The molecule has 2 aromatic heterocycles. The summed E-state index contributed by atoms with van der Waals surface area (Å²) < 4.78 is 10.0. The standard InChI is InChI=1S/C20H19N3O5/c1-13-6-7-14(12-15(13)23-20(26)17-5-3-11-28-17)18(24)21-8-9-22-19(25)16-4-2-10-27-16/h2-7,10-12H,8-9H2,1H3,(H,21,24)(H,22,25)(H,23,26). The highest BCUT2D eigenvalue weighted by Gasteiger charge is 2.13. The summed E-state index contributed by atoms with van der Waals surface area (Å²) in [6.45, 7) is 2.32. The summed E-state index contributed by atoms with van der Waals surface area (Å²) in [4.78, 5) is 36.2. The summed E-state index contributed by atoms with van der Waals surface area (Å²) in [5, 5.41) is 8.08. The first-order valence-corrected chi connectivity index (χ1v) is 8.60. The fourth-order valence-corrected chi connectivity index (χ4v) is 2.44. The third-order valence-corrected chi connectivity index (χ3v) is 3.93. The Morgan fingerprint density at radius 1 is 0.821 bits per heavy atom. The van der Waals surface area contributed by atoms with E-state index < -0.39 is 5.91 Å². The van der Waals surface area contributed by atoms with Gasteiger partial charge in [0.25, 0.3) is 17.7 Å². The van der Waals surface area contributed by atoms with Gasteiger partial charge in [-0.3, -0.25) is 14.4 Å². The number of rotatable bonds is 7. The van der Waals surface area contributed by atoms with Crippen LogP contribution in [0.15, 0.2) is 63.8 Å². The molecule has 28 heavy (non-hydrogen) atoms. The third kappa shape index (κ3) is 4.67. The van der Waals surface area contributed by atoms with E-state index in [-0.39, 0.29) is 36.4 Å². The van der Waals surface area contributed by atoms with Gasteiger partial charge in [0.1, 0.15) is 0 Å². The molecule has 0 saturated heterocycles. The van der Waals surface area contributed by atoms with E-state index in [1.807, 2.05) is 6.92 Å². The maximum absolute atomic E-state index is 12.3. The molecule has 0 aliphatic carbocycles. The highest BCUT2D eigenvalue weighted by atomic mass is 16.3. The minimum atomic E-state index is -0.397. The number of amides is 3. The number of carbonyl (C=O) groups is 3. The van der Waals surface area contributed by atoms with Crippen LogP contribution in [0.3, 0.4) is 0 Å². The fourth-order valence-electron chi connectivity index (χ4n) is 2.44. The quantitative estimate of drug-likeness (QED) is 0.545. The third-order valence-electron chi connectivity index (χ3n) is 3.93. The van der Waals surface area contributed by atoms with E-state index in [2.05, 4.69) is 16.0 Å². The van der Waals surface area contributed by atoms with Crippen molar-refractivity contribution in [1.29, 1.82) is 0 Å². The number of aryl methyl sites for hydroxylation is 1. The van der Waals surface area contributed by atoms with Crippen LogP contribution in [-0.2, 0) is 0 Å². The van der Waals surface area contributed by atoms with Crippen LogP contribution in [0.25, 0.3) is 0 Å². The van der Waals surface area contributed by atoms with Gasteiger partial charge in [-0.05, 0) is 48.9 Å². The number of nitrogens with one attached hydrogen (secondary N) is 3. The van der Waals surface area contributed by atoms with Gasteiger partial charge in [0.05, 0.1) is 12.5 Å². The van der Waals surface area contributed by atoms with E-state index >= 15 is 0 Å². The van der Waals surface area contributed by atoms with Gasteiger partial charge in [-0.25, -0.2) is 0 Å². The van der Waals surface area contributed by atoms with Gasteiger partial charge < -0.3 is 24.8 Å². The lowest BCUT2D eigenvalue weighted by atomic mass is 10.1. The van der Waals surface area contributed by atoms with Crippen LogP contribution < -0.4 is 16.0 Å². The van der Waals surface area contributed by atoms with E-state index in [1.165, 1.54) is 12.5 Å². The Bertz CT molecular complexity index is 962. The Hall–Kier alpha value is -3.81. The molecule has 0 radical (unpaired) electrons. The molecule has 2 heterocycles. The molecule has 0 bridgehead atoms. The number of anilines is 1. The molecule has 1 aromatic carbocycles. The summed E-state index contributed by atoms with van der Waals surface area (Å²) >= 11 is 0. The van der Waals surface area contributed by atoms with Gasteiger partial charge in [0.2, 0.25) is 0 Å². The number of hydrogen-bond donors (Lipinski definition) is 3. The Morgan fingerprint density at radius 3 is 2.04 bits per heavy atom. The molecule has 8 nitrogen and oxygen atoms in total. The average molecular weight is 381 g/mol. The zero-order chi connectivity index (χ0) is 19.9. The van der Waals surface area contributed by atoms with Crippen LogP contribution >= 0.6 is 0 Å². The first kappa shape index (κ1) is 19.0. The molecule has 0 saturated carbocycles. The monoisotopic (exact) mass is 381 g/mol. The molecule has 144 valence electrons. The second-order valence-electron chi connectivity index (χ2n) is 5.95. The van der Waals surface area contributed by atoms with Crippen molar-refractivity contribution in [2.45, 2.75) is 6.92 Å². The molecule has 0 aliphatic rings. The lowest BCUT2D eigenvalue weighted by molar-refractivity contribution is 0.0910. The highest BCUT2D eigenvalue weighted by Crippen LogP contribution is 2.18. The van der Waals surface area contributed by atoms with Crippen LogP contribution in [0, 0.1) is 6.92 Å². The van der Waals surface area contributed by atoms with Crippen molar-refractivity contribution in [3.63, 3.8) is 0 Å². The van der Waals surface area contributed by atoms with Gasteiger partial charge >= 0.3 is 0 Å². The topological polar surface area (TPSA) is 114 Å². The molecule has 0 fully saturated rings. The predicted octanol–water partition coefficient (Wildman–Crippen LogP) is 2.59. The number of furan rings is 2. The van der Waals surface area contributed by atoms with Crippen LogP contribution in [0.1, 0.15) is 37.0 Å². The molecule has 0 aliphatic heterocycles. The van der Waals surface area contributed by atoms with Gasteiger partial charge in [-0.15, -0.1) is 0 Å². The molecule has 8 heteroatoms. The number of carbonyl (C=O) groups excluding carboxylic acids is 3. The summed E-state index contributed by atoms with van der Waals surface area (Å²) in [6, 6.07) is 11.3. The number of hydrogen-bond acceptors (Lipinski definition) is 5. The van der Waals surface area contributed by atoms with Crippen LogP contribution in [0.5, 0.6) is 0 Å². The highest BCUT2D eigenvalue weighted by molar-refractivity contribution is 6.04. The van der Waals surface area contributed by atoms with Gasteiger partial charge in [0, 0.05) is 24.3 Å². The second kappa shape index (κ2) is 8.72. The minimum Gasteiger partial charge on any atom is -0.459 e. The van der Waals surface area contributed by atoms with Crippen molar-refractivity contribution in [3.05, 3.63) is 77.6 Å². The zero-order valence-corrected chi connectivity index (χ0v) is 15.2. The van der Waals surface area contributed by atoms with Gasteiger partial charge in [0.15, 0.2) is 11.5 Å². The molecule has 3 aromatic rings. The van der Waals surface area contributed by atoms with Gasteiger partial charge in [-0.1, -0.05) is 6.07 Å². The van der Waals surface area contributed by atoms with Gasteiger partial charge in [-0.2, -0.15) is 0 Å². The number of benzene rings is 1. The smallest absolute Gasteiger partial charge is 0.291 e. The maximum Gasteiger partial charge on any atom is 0.291 e. The van der Waals surface area contributed by atoms with Crippen molar-refractivity contribution >= 4 is 23.4 Å². The predicted molar refractivity (Wildman–Crippen MR) is 101 cm³/mol. The van der Waals surface area contributed by atoms with E-state index in [0.29, 0.717) is 11.3 Å². The normalized spacial score (nSPS) is 10.3. The zero-order valence-electron chi connectivity index (χ0n) is 15.2. The van der Waals surface area contributed by atoms with Crippen LogP contribution in [0.4, 0.5) is 5.69 Å². The fraction of sp³-hybridized carbons (Fsp3) is 0.150. The summed E-state index contributed by atoms with van der Waals surface area (Å²) in [5.41, 5.74) is 1.71.